The van der Waals surface area contributed by atoms with Gasteiger partial charge >= 0.3 is 0 Å². The third-order valence-corrected chi connectivity index (χ3v) is 3.95. The van der Waals surface area contributed by atoms with Gasteiger partial charge in [0.15, 0.2) is 0 Å². The molecule has 0 N–H and O–H groups in total. The highest BCUT2D eigenvalue weighted by molar-refractivity contribution is 5.37. The first-order valence-electron chi connectivity index (χ1n) is 5.39. The molecule has 0 bridgehead atoms. The van der Waals surface area contributed by atoms with Crippen molar-refractivity contribution < 1.29 is 0 Å². The molecule has 0 aromatic rings. The van der Waals surface area contributed by atoms with Crippen LogP contribution in [0, 0.1) is 0 Å². The molecule has 1 heteroatoms. The average Bonchev–Trinajstić information content (AvgIpc) is 2.11. The van der Waals surface area contributed by atoms with Gasteiger partial charge in [0.05, 0.1) is 6.04 Å². The molecular weight excluding hydrogens is 170 g/mol. The summed E-state index contributed by atoms with van der Waals surface area (Å²) >= 11 is 0. The number of rotatable bonds is 1. The molecule has 1 spiro atoms. The highest BCUT2D eigenvalue weighted by Crippen LogP contribution is 2.48. The largest absolute Gasteiger partial charge is 0.365 e. The fourth-order valence-electron chi connectivity index (χ4n) is 2.85. The summed E-state index contributed by atoms with van der Waals surface area (Å²) in [6.07, 6.45) is 6.99. The minimum absolute atomic E-state index is 0.347. The van der Waals surface area contributed by atoms with E-state index in [-0.39, 0.29) is 0 Å². The van der Waals surface area contributed by atoms with E-state index in [1.54, 1.807) is 0 Å². The molecule has 1 heterocycles. The number of likely N-dealkylation sites (tertiary alicyclic amines) is 1. The van der Waals surface area contributed by atoms with Crippen LogP contribution in [0.4, 0.5) is 0 Å². The van der Waals surface area contributed by atoms with Crippen LogP contribution in [0.2, 0.25) is 0 Å². The lowest BCUT2D eigenvalue weighted by atomic mass is 9.67. The second-order valence-corrected chi connectivity index (χ2v) is 4.65. The van der Waals surface area contributed by atoms with Crippen LogP contribution in [0.5, 0.6) is 0 Å². The van der Waals surface area contributed by atoms with Gasteiger partial charge in [-0.25, -0.2) is 0 Å². The van der Waals surface area contributed by atoms with Crippen LogP contribution < -0.4 is 0 Å². The van der Waals surface area contributed by atoms with Crippen LogP contribution in [0.15, 0.2) is 37.1 Å². The molecule has 0 amide bonds. The van der Waals surface area contributed by atoms with Gasteiger partial charge in [-0.15, -0.1) is 0 Å². The molecule has 14 heavy (non-hydrogen) atoms. The van der Waals surface area contributed by atoms with E-state index in [4.69, 9.17) is 0 Å². The van der Waals surface area contributed by atoms with Crippen molar-refractivity contribution in [2.45, 2.75) is 44.2 Å². The predicted molar refractivity (Wildman–Crippen MR) is 61.0 cm³/mol. The second-order valence-electron chi connectivity index (χ2n) is 4.65. The summed E-state index contributed by atoms with van der Waals surface area (Å²) in [5.41, 5.74) is 2.78. The lowest BCUT2D eigenvalue weighted by Gasteiger charge is -2.57. The third-order valence-electron chi connectivity index (χ3n) is 3.95. The predicted octanol–water partition coefficient (Wildman–Crippen LogP) is 3.26. The number of nitrogens with zero attached hydrogens (tertiary/aromatic N) is 1. The number of hydrogen-bond donors (Lipinski definition) is 0. The van der Waals surface area contributed by atoms with Crippen molar-refractivity contribution in [2.75, 3.05) is 0 Å². The van der Waals surface area contributed by atoms with E-state index >= 15 is 0 Å². The van der Waals surface area contributed by atoms with Gasteiger partial charge in [-0.3, -0.25) is 0 Å². The van der Waals surface area contributed by atoms with Crippen LogP contribution in [-0.2, 0) is 0 Å². The van der Waals surface area contributed by atoms with Crippen LogP contribution in [0.1, 0.15) is 32.6 Å². The van der Waals surface area contributed by atoms with Crippen molar-refractivity contribution in [1.82, 2.24) is 4.90 Å². The summed E-state index contributed by atoms with van der Waals surface area (Å²) in [7, 11) is 0. The molecule has 76 valence electrons. The molecule has 1 aliphatic carbocycles. The molecule has 0 aromatic heterocycles. The summed E-state index contributed by atoms with van der Waals surface area (Å²) < 4.78 is 0. The van der Waals surface area contributed by atoms with Crippen LogP contribution in [-0.4, -0.2) is 16.5 Å². The molecule has 1 unspecified atom stereocenters. The molecular formula is C13H19N. The zero-order valence-corrected chi connectivity index (χ0v) is 9.05. The van der Waals surface area contributed by atoms with Gasteiger partial charge < -0.3 is 4.90 Å². The molecule has 1 saturated carbocycles. The minimum atomic E-state index is 0.347. The summed E-state index contributed by atoms with van der Waals surface area (Å²) in [6, 6.07) is 0.383. The fraction of sp³-hybridized carbons (Fsp3) is 0.538. The zero-order valence-electron chi connectivity index (χ0n) is 9.05. The maximum Gasteiger partial charge on any atom is 0.0511 e. The first-order valence-corrected chi connectivity index (χ1v) is 5.39. The lowest BCUT2D eigenvalue weighted by Crippen LogP contribution is -2.57. The molecule has 2 fully saturated rings. The molecule has 2 rings (SSSR count). The van der Waals surface area contributed by atoms with Crippen LogP contribution in [0.3, 0.4) is 0 Å². The maximum absolute atomic E-state index is 4.13. The second kappa shape index (κ2) is 3.01. The van der Waals surface area contributed by atoms with Crippen molar-refractivity contribution >= 4 is 0 Å². The van der Waals surface area contributed by atoms with Crippen molar-refractivity contribution in [2.24, 2.45) is 0 Å². The molecule has 1 atom stereocenters. The van der Waals surface area contributed by atoms with Crippen molar-refractivity contribution in [3.63, 3.8) is 0 Å². The van der Waals surface area contributed by atoms with Gasteiger partial charge in [-0.2, -0.15) is 0 Å². The Morgan fingerprint density at radius 2 is 2.07 bits per heavy atom. The molecule has 0 aromatic carbocycles. The summed E-state index contributed by atoms with van der Waals surface area (Å²) in [4.78, 5) is 2.40. The first-order chi connectivity index (χ1) is 6.60. The van der Waals surface area contributed by atoms with Gasteiger partial charge in [0, 0.05) is 5.54 Å². The zero-order chi connectivity index (χ0) is 10.3. The highest BCUT2D eigenvalue weighted by atomic mass is 15.2. The molecule has 2 aliphatic rings. The van der Waals surface area contributed by atoms with E-state index < -0.39 is 0 Å². The van der Waals surface area contributed by atoms with E-state index in [1.165, 1.54) is 30.4 Å². The summed E-state index contributed by atoms with van der Waals surface area (Å²) in [6.45, 7) is 14.4. The topological polar surface area (TPSA) is 3.24 Å². The summed E-state index contributed by atoms with van der Waals surface area (Å²) in [5, 5.41) is 0. The van der Waals surface area contributed by atoms with E-state index in [9.17, 15) is 0 Å². The Kier molecular flexibility index (Phi) is 2.06. The van der Waals surface area contributed by atoms with E-state index in [0.717, 1.165) is 6.42 Å². The summed E-state index contributed by atoms with van der Waals surface area (Å²) in [5.74, 6) is 0. The van der Waals surface area contributed by atoms with Gasteiger partial charge in [0.1, 0.15) is 0 Å². The Hall–Kier alpha value is -0.980. The van der Waals surface area contributed by atoms with Crippen LogP contribution in [0.25, 0.3) is 0 Å². The minimum Gasteiger partial charge on any atom is -0.365 e. The van der Waals surface area contributed by atoms with E-state index in [1.807, 2.05) is 6.20 Å². The van der Waals surface area contributed by atoms with Gasteiger partial charge in [-0.05, 0) is 50.0 Å². The van der Waals surface area contributed by atoms with Crippen molar-refractivity contribution in [3.05, 3.63) is 37.1 Å². The fourth-order valence-corrected chi connectivity index (χ4v) is 2.85. The smallest absolute Gasteiger partial charge is 0.0511 e. The van der Waals surface area contributed by atoms with Crippen molar-refractivity contribution in [1.29, 1.82) is 0 Å². The SMILES string of the molecule is C=CN1C(C)C(=C)C(=C)CC12CCC2. The standard InChI is InChI=1S/C13H19N/c1-5-14-12(4)11(3)10(2)9-13(14)7-6-8-13/h5,12H,1-3,6-9H2,4H3. The quantitative estimate of drug-likeness (QED) is 0.612. The third kappa shape index (κ3) is 1.08. The molecule has 1 nitrogen and oxygen atoms in total. The normalized spacial score (nSPS) is 30.4. The average molecular weight is 189 g/mol. The Balaban J connectivity index is 2.31. The molecule has 1 saturated heterocycles. The highest BCUT2D eigenvalue weighted by Gasteiger charge is 2.46. The van der Waals surface area contributed by atoms with Crippen molar-refractivity contribution in [3.8, 4) is 0 Å². The molecule has 1 aliphatic heterocycles. The lowest BCUT2D eigenvalue weighted by molar-refractivity contribution is 0.0275. The van der Waals surface area contributed by atoms with Crippen LogP contribution >= 0.6 is 0 Å². The van der Waals surface area contributed by atoms with E-state index in [2.05, 4.69) is 31.6 Å². The Labute approximate surface area is 86.8 Å². The maximum atomic E-state index is 4.13. The number of hydrogen-bond acceptors (Lipinski definition) is 1. The molecule has 0 radical (unpaired) electrons. The van der Waals surface area contributed by atoms with Gasteiger partial charge in [0.2, 0.25) is 0 Å². The van der Waals surface area contributed by atoms with E-state index in [0.29, 0.717) is 11.6 Å². The monoisotopic (exact) mass is 189 g/mol. The van der Waals surface area contributed by atoms with Gasteiger partial charge in [0.25, 0.3) is 0 Å². The Morgan fingerprint density at radius 3 is 2.50 bits per heavy atom. The Bertz CT molecular complexity index is 296. The number of piperidine rings is 1. The first kappa shape index (κ1) is 9.57. The van der Waals surface area contributed by atoms with Gasteiger partial charge in [-0.1, -0.05) is 19.7 Å². The Morgan fingerprint density at radius 1 is 1.43 bits per heavy atom.